The third-order valence-corrected chi connectivity index (χ3v) is 6.29. The Kier molecular flexibility index (Phi) is 4.31. The number of aromatic amines is 1. The van der Waals surface area contributed by atoms with Crippen molar-refractivity contribution in [3.8, 4) is 0 Å². The zero-order valence-electron chi connectivity index (χ0n) is 15.1. The molecule has 27 heavy (non-hydrogen) atoms. The highest BCUT2D eigenvalue weighted by atomic mass is 32.2. The molecule has 2 N–H and O–H groups in total. The summed E-state index contributed by atoms with van der Waals surface area (Å²) in [5.74, 6) is 0.902. The standard InChI is InChI=1S/C18H20N6O2S/c1-12-18(13(2)20-19-12)27(25,26)23-16-7-8-17(22-21-16)24-10-9-14-5-3-4-6-15(14)11-24/h3-8H,9-11H2,1-2H3,(H,19,20)(H,21,23). The Morgan fingerprint density at radius 1 is 1.07 bits per heavy atom. The van der Waals surface area contributed by atoms with E-state index < -0.39 is 10.0 Å². The molecule has 8 nitrogen and oxygen atoms in total. The molecule has 0 aliphatic carbocycles. The molecular formula is C18H20N6O2S. The summed E-state index contributed by atoms with van der Waals surface area (Å²) in [6.45, 7) is 4.92. The highest BCUT2D eigenvalue weighted by molar-refractivity contribution is 7.92. The van der Waals surface area contributed by atoms with Crippen molar-refractivity contribution in [1.29, 1.82) is 0 Å². The normalized spacial score (nSPS) is 14.1. The first kappa shape index (κ1) is 17.5. The fourth-order valence-electron chi connectivity index (χ4n) is 3.36. The van der Waals surface area contributed by atoms with E-state index in [1.165, 1.54) is 11.1 Å². The molecule has 0 spiro atoms. The lowest BCUT2D eigenvalue weighted by Crippen LogP contribution is -2.31. The maximum atomic E-state index is 12.6. The number of nitrogens with zero attached hydrogens (tertiary/aromatic N) is 4. The quantitative estimate of drug-likeness (QED) is 0.714. The van der Waals surface area contributed by atoms with Gasteiger partial charge in [0.1, 0.15) is 4.90 Å². The van der Waals surface area contributed by atoms with Crippen LogP contribution < -0.4 is 9.62 Å². The molecular weight excluding hydrogens is 364 g/mol. The first-order valence-electron chi connectivity index (χ1n) is 8.64. The molecule has 0 fully saturated rings. The van der Waals surface area contributed by atoms with Crippen LogP contribution in [0.5, 0.6) is 0 Å². The van der Waals surface area contributed by atoms with Crippen LogP contribution >= 0.6 is 0 Å². The maximum Gasteiger partial charge on any atom is 0.266 e. The summed E-state index contributed by atoms with van der Waals surface area (Å²) in [5.41, 5.74) is 3.53. The molecule has 1 aromatic carbocycles. The summed E-state index contributed by atoms with van der Waals surface area (Å²) < 4.78 is 27.6. The molecule has 0 unspecified atom stereocenters. The van der Waals surface area contributed by atoms with Crippen molar-refractivity contribution in [2.45, 2.75) is 31.7 Å². The van der Waals surface area contributed by atoms with Gasteiger partial charge in [0.05, 0.1) is 11.4 Å². The van der Waals surface area contributed by atoms with Crippen molar-refractivity contribution in [3.05, 3.63) is 58.9 Å². The average molecular weight is 384 g/mol. The van der Waals surface area contributed by atoms with Crippen LogP contribution in [0.1, 0.15) is 22.5 Å². The SMILES string of the molecule is Cc1n[nH]c(C)c1S(=O)(=O)Nc1ccc(N2CCc3ccccc3C2)nn1. The monoisotopic (exact) mass is 384 g/mol. The number of rotatable bonds is 4. The van der Waals surface area contributed by atoms with Crippen LogP contribution in [0.3, 0.4) is 0 Å². The highest BCUT2D eigenvalue weighted by Gasteiger charge is 2.23. The first-order valence-corrected chi connectivity index (χ1v) is 10.1. The van der Waals surface area contributed by atoms with Crippen molar-refractivity contribution in [2.75, 3.05) is 16.2 Å². The number of benzene rings is 1. The smallest absolute Gasteiger partial charge is 0.266 e. The lowest BCUT2D eigenvalue weighted by atomic mass is 10.00. The molecule has 3 aromatic rings. The second-order valence-electron chi connectivity index (χ2n) is 6.59. The van der Waals surface area contributed by atoms with Gasteiger partial charge in [0.15, 0.2) is 11.6 Å². The van der Waals surface area contributed by atoms with E-state index >= 15 is 0 Å². The lowest BCUT2D eigenvalue weighted by Gasteiger charge is -2.29. The van der Waals surface area contributed by atoms with Crippen molar-refractivity contribution in [1.82, 2.24) is 20.4 Å². The van der Waals surface area contributed by atoms with E-state index in [9.17, 15) is 8.42 Å². The second-order valence-corrected chi connectivity index (χ2v) is 8.20. The van der Waals surface area contributed by atoms with Crippen molar-refractivity contribution >= 4 is 21.7 Å². The first-order chi connectivity index (χ1) is 12.9. The molecule has 9 heteroatoms. The van der Waals surface area contributed by atoms with Crippen LogP contribution in [-0.2, 0) is 23.0 Å². The molecule has 2 aromatic heterocycles. The van der Waals surface area contributed by atoms with Crippen LogP contribution in [0, 0.1) is 13.8 Å². The molecule has 4 rings (SSSR count). The molecule has 0 amide bonds. The summed E-state index contributed by atoms with van der Waals surface area (Å²) in [7, 11) is -3.77. The number of sulfonamides is 1. The van der Waals surface area contributed by atoms with Crippen molar-refractivity contribution < 1.29 is 8.42 Å². The summed E-state index contributed by atoms with van der Waals surface area (Å²) in [4.78, 5) is 2.28. The molecule has 0 saturated carbocycles. The van der Waals surface area contributed by atoms with E-state index in [0.717, 1.165) is 25.3 Å². The summed E-state index contributed by atoms with van der Waals surface area (Å²) in [5, 5.41) is 14.9. The van der Waals surface area contributed by atoms with Gasteiger partial charge < -0.3 is 4.90 Å². The van der Waals surface area contributed by atoms with E-state index in [1.54, 1.807) is 26.0 Å². The molecule has 140 valence electrons. The van der Waals surface area contributed by atoms with Crippen LogP contribution in [0.2, 0.25) is 0 Å². The molecule has 0 saturated heterocycles. The number of aromatic nitrogens is 4. The number of anilines is 2. The Labute approximate surface area is 157 Å². The van der Waals surface area contributed by atoms with E-state index in [0.29, 0.717) is 11.4 Å². The summed E-state index contributed by atoms with van der Waals surface area (Å²) >= 11 is 0. The maximum absolute atomic E-state index is 12.6. The number of hydrogen-bond donors (Lipinski definition) is 2. The summed E-state index contributed by atoms with van der Waals surface area (Å²) in [6, 6.07) is 11.8. The molecule has 3 heterocycles. The average Bonchev–Trinajstić information content (AvgIpc) is 3.01. The van der Waals surface area contributed by atoms with E-state index in [1.807, 2.05) is 6.07 Å². The zero-order chi connectivity index (χ0) is 19.0. The minimum atomic E-state index is -3.77. The fraction of sp³-hybridized carbons (Fsp3) is 0.278. The van der Waals surface area contributed by atoms with E-state index in [4.69, 9.17) is 0 Å². The number of nitrogens with one attached hydrogen (secondary N) is 2. The number of fused-ring (bicyclic) bond motifs is 1. The van der Waals surface area contributed by atoms with Gasteiger partial charge in [0.25, 0.3) is 10.0 Å². The van der Waals surface area contributed by atoms with Gasteiger partial charge in [-0.05, 0) is 43.5 Å². The fourth-order valence-corrected chi connectivity index (χ4v) is 4.73. The Bertz CT molecular complexity index is 1060. The van der Waals surface area contributed by atoms with Gasteiger partial charge >= 0.3 is 0 Å². The Morgan fingerprint density at radius 2 is 1.85 bits per heavy atom. The van der Waals surface area contributed by atoms with Gasteiger partial charge in [-0.2, -0.15) is 5.10 Å². The predicted octanol–water partition coefficient (Wildman–Crippen LogP) is 2.18. The summed E-state index contributed by atoms with van der Waals surface area (Å²) in [6.07, 6.45) is 0.950. The van der Waals surface area contributed by atoms with E-state index in [-0.39, 0.29) is 10.7 Å². The second kappa shape index (κ2) is 6.66. The van der Waals surface area contributed by atoms with Gasteiger partial charge in [-0.1, -0.05) is 24.3 Å². The van der Waals surface area contributed by atoms with Gasteiger partial charge in [-0.15, -0.1) is 10.2 Å². The van der Waals surface area contributed by atoms with E-state index in [2.05, 4.69) is 48.2 Å². The third-order valence-electron chi connectivity index (χ3n) is 4.67. The van der Waals surface area contributed by atoms with Gasteiger partial charge in [-0.25, -0.2) is 8.42 Å². The van der Waals surface area contributed by atoms with Gasteiger partial charge in [-0.3, -0.25) is 9.82 Å². The number of hydrogen-bond acceptors (Lipinski definition) is 6. The largest absolute Gasteiger partial charge is 0.350 e. The lowest BCUT2D eigenvalue weighted by molar-refractivity contribution is 0.599. The number of aryl methyl sites for hydroxylation is 2. The third kappa shape index (κ3) is 3.37. The topological polar surface area (TPSA) is 104 Å². The highest BCUT2D eigenvalue weighted by Crippen LogP contribution is 2.24. The minimum absolute atomic E-state index is 0.140. The van der Waals surface area contributed by atoms with Crippen molar-refractivity contribution in [2.24, 2.45) is 0 Å². The van der Waals surface area contributed by atoms with Crippen LogP contribution in [0.25, 0.3) is 0 Å². The molecule has 1 aliphatic heterocycles. The molecule has 0 atom stereocenters. The zero-order valence-corrected chi connectivity index (χ0v) is 15.9. The van der Waals surface area contributed by atoms with Crippen LogP contribution in [-0.4, -0.2) is 35.4 Å². The Morgan fingerprint density at radius 3 is 2.52 bits per heavy atom. The van der Waals surface area contributed by atoms with Gasteiger partial charge in [0, 0.05) is 13.1 Å². The number of H-pyrrole nitrogens is 1. The molecule has 0 radical (unpaired) electrons. The molecule has 1 aliphatic rings. The minimum Gasteiger partial charge on any atom is -0.350 e. The van der Waals surface area contributed by atoms with Crippen LogP contribution in [0.15, 0.2) is 41.3 Å². The van der Waals surface area contributed by atoms with Gasteiger partial charge in [0.2, 0.25) is 0 Å². The predicted molar refractivity (Wildman–Crippen MR) is 102 cm³/mol. The van der Waals surface area contributed by atoms with Crippen LogP contribution in [0.4, 0.5) is 11.6 Å². The molecule has 0 bridgehead atoms. The van der Waals surface area contributed by atoms with Crippen molar-refractivity contribution in [3.63, 3.8) is 0 Å². The Hall–Kier alpha value is -2.94. The Balaban J connectivity index is 1.52.